The average molecular weight is 282 g/mol. The quantitative estimate of drug-likeness (QED) is 0.815. The van der Waals surface area contributed by atoms with Crippen molar-refractivity contribution in [2.45, 2.75) is 32.6 Å². The van der Waals surface area contributed by atoms with Crippen LogP contribution in [0.3, 0.4) is 0 Å². The van der Waals surface area contributed by atoms with Gasteiger partial charge in [-0.2, -0.15) is 0 Å². The van der Waals surface area contributed by atoms with Gasteiger partial charge in [0.2, 0.25) is 5.91 Å². The summed E-state index contributed by atoms with van der Waals surface area (Å²) in [5.41, 5.74) is 9.74. The number of nitrogens with one attached hydrogen (secondary N) is 1. The summed E-state index contributed by atoms with van der Waals surface area (Å²) >= 11 is 0. The summed E-state index contributed by atoms with van der Waals surface area (Å²) in [5, 5.41) is 2.92. The number of hydrogen-bond donors (Lipinski definition) is 2. The van der Waals surface area contributed by atoms with E-state index in [9.17, 15) is 4.79 Å². The van der Waals surface area contributed by atoms with Crippen molar-refractivity contribution in [3.05, 3.63) is 59.7 Å². The molecule has 3 nitrogen and oxygen atoms in total. The highest BCUT2D eigenvalue weighted by molar-refractivity contribution is 5.90. The van der Waals surface area contributed by atoms with Crippen LogP contribution in [0.4, 0.5) is 11.4 Å². The topological polar surface area (TPSA) is 55.1 Å². The van der Waals surface area contributed by atoms with Crippen LogP contribution in [0.25, 0.3) is 0 Å². The lowest BCUT2D eigenvalue weighted by Crippen LogP contribution is -2.12. The van der Waals surface area contributed by atoms with Crippen molar-refractivity contribution in [1.82, 2.24) is 0 Å². The fraction of sp³-hybridized carbons (Fsp3) is 0.278. The molecule has 21 heavy (non-hydrogen) atoms. The Morgan fingerprint density at radius 2 is 1.76 bits per heavy atom. The van der Waals surface area contributed by atoms with E-state index < -0.39 is 0 Å². The van der Waals surface area contributed by atoms with E-state index in [-0.39, 0.29) is 5.91 Å². The first kappa shape index (κ1) is 15.1. The first-order valence-electron chi connectivity index (χ1n) is 7.29. The Kier molecular flexibility index (Phi) is 4.99. The van der Waals surface area contributed by atoms with Gasteiger partial charge in [-0.25, -0.2) is 0 Å². The number of hydrogen-bond acceptors (Lipinski definition) is 2. The van der Waals surface area contributed by atoms with Gasteiger partial charge in [0, 0.05) is 17.8 Å². The standard InChI is InChI=1S/C18H22N2O/c1-13(2)14-7-10-16(11-8-14)20-18(21)12-9-15-5-3-4-6-17(15)19/h3-8,10-11,13H,9,12,19H2,1-2H3,(H,20,21). The predicted molar refractivity (Wildman–Crippen MR) is 88.3 cm³/mol. The average Bonchev–Trinajstić information content (AvgIpc) is 2.47. The Labute approximate surface area is 126 Å². The van der Waals surface area contributed by atoms with Crippen molar-refractivity contribution >= 4 is 17.3 Å². The van der Waals surface area contributed by atoms with Crippen LogP contribution in [0.1, 0.15) is 37.3 Å². The molecule has 0 unspecified atom stereocenters. The van der Waals surface area contributed by atoms with Gasteiger partial charge in [0.25, 0.3) is 0 Å². The molecule has 0 fully saturated rings. The van der Waals surface area contributed by atoms with Gasteiger partial charge < -0.3 is 11.1 Å². The Balaban J connectivity index is 1.88. The number of para-hydroxylation sites is 1. The number of rotatable bonds is 5. The van der Waals surface area contributed by atoms with E-state index in [1.54, 1.807) is 0 Å². The molecule has 0 saturated heterocycles. The Bertz CT molecular complexity index is 603. The highest BCUT2D eigenvalue weighted by atomic mass is 16.1. The normalized spacial score (nSPS) is 10.6. The minimum Gasteiger partial charge on any atom is -0.399 e. The molecule has 0 aromatic heterocycles. The molecule has 2 aromatic carbocycles. The third-order valence-electron chi connectivity index (χ3n) is 3.54. The van der Waals surface area contributed by atoms with E-state index in [1.165, 1.54) is 5.56 Å². The molecule has 3 heteroatoms. The zero-order chi connectivity index (χ0) is 15.2. The van der Waals surface area contributed by atoms with Crippen LogP contribution < -0.4 is 11.1 Å². The van der Waals surface area contributed by atoms with Crippen LogP contribution in [0.5, 0.6) is 0 Å². The summed E-state index contributed by atoms with van der Waals surface area (Å²) in [6.07, 6.45) is 1.09. The molecule has 0 aliphatic heterocycles. The van der Waals surface area contributed by atoms with Crippen LogP contribution >= 0.6 is 0 Å². The maximum absolute atomic E-state index is 12.0. The van der Waals surface area contributed by atoms with Gasteiger partial charge in [0.1, 0.15) is 0 Å². The Hall–Kier alpha value is -2.29. The molecular weight excluding hydrogens is 260 g/mol. The Morgan fingerprint density at radius 1 is 1.10 bits per heavy atom. The maximum atomic E-state index is 12.0. The third-order valence-corrected chi connectivity index (χ3v) is 3.54. The lowest BCUT2D eigenvalue weighted by Gasteiger charge is -2.09. The van der Waals surface area contributed by atoms with E-state index in [0.29, 0.717) is 18.8 Å². The zero-order valence-electron chi connectivity index (χ0n) is 12.6. The number of nitrogen functional groups attached to an aromatic ring is 1. The lowest BCUT2D eigenvalue weighted by atomic mass is 10.0. The number of aryl methyl sites for hydroxylation is 1. The molecule has 0 aliphatic carbocycles. The van der Waals surface area contributed by atoms with Gasteiger partial charge in [-0.05, 0) is 41.7 Å². The van der Waals surface area contributed by atoms with Gasteiger partial charge in [-0.1, -0.05) is 44.2 Å². The lowest BCUT2D eigenvalue weighted by molar-refractivity contribution is -0.116. The van der Waals surface area contributed by atoms with Gasteiger partial charge >= 0.3 is 0 Å². The zero-order valence-corrected chi connectivity index (χ0v) is 12.6. The summed E-state index contributed by atoms with van der Waals surface area (Å²) in [6.45, 7) is 4.30. The van der Waals surface area contributed by atoms with Crippen LogP contribution in [0.15, 0.2) is 48.5 Å². The summed E-state index contributed by atoms with van der Waals surface area (Å²) in [4.78, 5) is 12.0. The molecule has 2 aromatic rings. The summed E-state index contributed by atoms with van der Waals surface area (Å²) in [7, 11) is 0. The molecule has 3 N–H and O–H groups in total. The van der Waals surface area contributed by atoms with Crippen LogP contribution in [0, 0.1) is 0 Å². The summed E-state index contributed by atoms with van der Waals surface area (Å²) in [6, 6.07) is 15.7. The van der Waals surface area contributed by atoms with Gasteiger partial charge in [0.05, 0.1) is 0 Å². The van der Waals surface area contributed by atoms with Crippen molar-refractivity contribution in [3.8, 4) is 0 Å². The molecule has 0 spiro atoms. The number of anilines is 2. The maximum Gasteiger partial charge on any atom is 0.224 e. The fourth-order valence-corrected chi connectivity index (χ4v) is 2.18. The van der Waals surface area contributed by atoms with E-state index in [2.05, 4.69) is 31.3 Å². The molecular formula is C18H22N2O. The number of carbonyl (C=O) groups is 1. The molecule has 110 valence electrons. The van der Waals surface area contributed by atoms with E-state index >= 15 is 0 Å². The molecule has 0 bridgehead atoms. The number of benzene rings is 2. The fourth-order valence-electron chi connectivity index (χ4n) is 2.18. The number of carbonyl (C=O) groups excluding carboxylic acids is 1. The van der Waals surface area contributed by atoms with Crippen molar-refractivity contribution in [3.63, 3.8) is 0 Å². The molecule has 1 amide bonds. The van der Waals surface area contributed by atoms with Crippen LogP contribution in [-0.4, -0.2) is 5.91 Å². The molecule has 0 radical (unpaired) electrons. The largest absolute Gasteiger partial charge is 0.399 e. The molecule has 0 saturated carbocycles. The summed E-state index contributed by atoms with van der Waals surface area (Å²) < 4.78 is 0. The second-order valence-corrected chi connectivity index (χ2v) is 5.52. The van der Waals surface area contributed by atoms with E-state index in [4.69, 9.17) is 5.73 Å². The first-order valence-corrected chi connectivity index (χ1v) is 7.29. The van der Waals surface area contributed by atoms with E-state index in [1.807, 2.05) is 36.4 Å². The van der Waals surface area contributed by atoms with Crippen molar-refractivity contribution in [1.29, 1.82) is 0 Å². The Morgan fingerprint density at radius 3 is 2.38 bits per heavy atom. The predicted octanol–water partition coefficient (Wildman–Crippen LogP) is 3.96. The highest BCUT2D eigenvalue weighted by Crippen LogP contribution is 2.18. The molecule has 2 rings (SSSR count). The minimum absolute atomic E-state index is 0.00977. The van der Waals surface area contributed by atoms with Crippen molar-refractivity contribution < 1.29 is 4.79 Å². The minimum atomic E-state index is 0.00977. The first-order chi connectivity index (χ1) is 10.1. The second-order valence-electron chi connectivity index (χ2n) is 5.52. The highest BCUT2D eigenvalue weighted by Gasteiger charge is 2.05. The smallest absolute Gasteiger partial charge is 0.224 e. The SMILES string of the molecule is CC(C)c1ccc(NC(=O)CCc2ccccc2N)cc1. The molecule has 0 atom stereocenters. The third kappa shape index (κ3) is 4.35. The second kappa shape index (κ2) is 6.93. The van der Waals surface area contributed by atoms with Gasteiger partial charge in [-0.3, -0.25) is 4.79 Å². The van der Waals surface area contributed by atoms with Crippen molar-refractivity contribution in [2.24, 2.45) is 0 Å². The molecule has 0 aliphatic rings. The van der Waals surface area contributed by atoms with Gasteiger partial charge in [-0.15, -0.1) is 0 Å². The molecule has 0 heterocycles. The van der Waals surface area contributed by atoms with E-state index in [0.717, 1.165) is 16.9 Å². The van der Waals surface area contributed by atoms with Crippen LogP contribution in [0.2, 0.25) is 0 Å². The van der Waals surface area contributed by atoms with Crippen LogP contribution in [-0.2, 0) is 11.2 Å². The summed E-state index contributed by atoms with van der Waals surface area (Å²) in [5.74, 6) is 0.506. The number of amides is 1. The van der Waals surface area contributed by atoms with Crippen molar-refractivity contribution in [2.75, 3.05) is 11.1 Å². The monoisotopic (exact) mass is 282 g/mol. The van der Waals surface area contributed by atoms with Gasteiger partial charge in [0.15, 0.2) is 0 Å². The number of nitrogens with two attached hydrogens (primary N) is 1.